The SMILES string of the molecule is CC(=O)C(C(C)=O)[C@@H](C#Cc1ccccc1)c1ccc(Cl)cc1. The summed E-state index contributed by atoms with van der Waals surface area (Å²) in [5, 5.41) is 0.603. The van der Waals surface area contributed by atoms with Gasteiger partial charge in [-0.05, 0) is 43.7 Å². The molecule has 0 heterocycles. The summed E-state index contributed by atoms with van der Waals surface area (Å²) in [6.45, 7) is 2.86. The smallest absolute Gasteiger partial charge is 0.141 e. The van der Waals surface area contributed by atoms with Gasteiger partial charge in [0.15, 0.2) is 0 Å². The second-order valence-corrected chi connectivity index (χ2v) is 5.80. The molecule has 1 atom stereocenters. The van der Waals surface area contributed by atoms with Crippen LogP contribution in [0, 0.1) is 17.8 Å². The molecular formula is C20H17ClO2. The Balaban J connectivity index is 2.47. The van der Waals surface area contributed by atoms with Gasteiger partial charge in [-0.15, -0.1) is 0 Å². The van der Waals surface area contributed by atoms with Crippen LogP contribution in [-0.4, -0.2) is 11.6 Å². The number of carbonyl (C=O) groups excluding carboxylic acids is 2. The van der Waals surface area contributed by atoms with Crippen molar-refractivity contribution in [3.8, 4) is 11.8 Å². The Morgan fingerprint density at radius 2 is 1.48 bits per heavy atom. The van der Waals surface area contributed by atoms with Crippen LogP contribution in [0.4, 0.5) is 0 Å². The highest BCUT2D eigenvalue weighted by atomic mass is 35.5. The standard InChI is InChI=1S/C20H17ClO2/c1-14(22)20(15(2)23)19(17-9-11-18(21)12-10-17)13-8-16-6-4-3-5-7-16/h3-7,9-12,19-20H,1-2H3/t19-/m0/s1. The third kappa shape index (κ3) is 4.55. The van der Waals surface area contributed by atoms with E-state index in [1.54, 1.807) is 12.1 Å². The first kappa shape index (κ1) is 17.0. The third-order valence-electron chi connectivity index (χ3n) is 3.58. The van der Waals surface area contributed by atoms with Crippen LogP contribution in [0.3, 0.4) is 0 Å². The Kier molecular flexibility index (Phi) is 5.73. The summed E-state index contributed by atoms with van der Waals surface area (Å²) in [6.07, 6.45) is 0. The van der Waals surface area contributed by atoms with Crippen LogP contribution in [0.5, 0.6) is 0 Å². The average molecular weight is 325 g/mol. The largest absolute Gasteiger partial charge is 0.299 e. The zero-order chi connectivity index (χ0) is 16.8. The quantitative estimate of drug-likeness (QED) is 0.621. The monoisotopic (exact) mass is 324 g/mol. The van der Waals surface area contributed by atoms with E-state index in [1.807, 2.05) is 42.5 Å². The number of hydrogen-bond acceptors (Lipinski definition) is 2. The molecule has 2 aromatic carbocycles. The molecular weight excluding hydrogens is 308 g/mol. The Morgan fingerprint density at radius 1 is 0.913 bits per heavy atom. The van der Waals surface area contributed by atoms with Crippen LogP contribution in [-0.2, 0) is 9.59 Å². The molecule has 23 heavy (non-hydrogen) atoms. The van der Waals surface area contributed by atoms with Crippen molar-refractivity contribution in [1.82, 2.24) is 0 Å². The zero-order valence-electron chi connectivity index (χ0n) is 13.0. The van der Waals surface area contributed by atoms with E-state index in [1.165, 1.54) is 13.8 Å². The molecule has 0 aliphatic carbocycles. The van der Waals surface area contributed by atoms with Gasteiger partial charge in [-0.25, -0.2) is 0 Å². The van der Waals surface area contributed by atoms with Crippen molar-refractivity contribution in [3.63, 3.8) is 0 Å². The first-order valence-electron chi connectivity index (χ1n) is 7.32. The summed E-state index contributed by atoms with van der Waals surface area (Å²) in [5.41, 5.74) is 1.66. The summed E-state index contributed by atoms with van der Waals surface area (Å²) in [5.74, 6) is 4.54. The summed E-state index contributed by atoms with van der Waals surface area (Å²) in [6, 6.07) is 16.6. The summed E-state index contributed by atoms with van der Waals surface area (Å²) in [4.78, 5) is 23.9. The highest BCUT2D eigenvalue weighted by Crippen LogP contribution is 2.27. The van der Waals surface area contributed by atoms with Crippen LogP contribution in [0.25, 0.3) is 0 Å². The maximum Gasteiger partial charge on any atom is 0.141 e. The van der Waals surface area contributed by atoms with Gasteiger partial charge in [0.25, 0.3) is 0 Å². The predicted octanol–water partition coefficient (Wildman–Crippen LogP) is 4.27. The molecule has 0 unspecified atom stereocenters. The fourth-order valence-electron chi connectivity index (χ4n) is 2.47. The highest BCUT2D eigenvalue weighted by Gasteiger charge is 2.29. The van der Waals surface area contributed by atoms with Gasteiger partial charge >= 0.3 is 0 Å². The van der Waals surface area contributed by atoms with E-state index in [-0.39, 0.29) is 11.6 Å². The van der Waals surface area contributed by atoms with Crippen LogP contribution >= 0.6 is 11.6 Å². The third-order valence-corrected chi connectivity index (χ3v) is 3.84. The lowest BCUT2D eigenvalue weighted by molar-refractivity contribution is -0.130. The van der Waals surface area contributed by atoms with E-state index in [4.69, 9.17) is 11.6 Å². The Morgan fingerprint density at radius 3 is 2.00 bits per heavy atom. The van der Waals surface area contributed by atoms with Crippen molar-refractivity contribution in [2.24, 2.45) is 5.92 Å². The molecule has 2 aromatic rings. The Bertz CT molecular complexity index is 738. The van der Waals surface area contributed by atoms with E-state index in [0.29, 0.717) is 5.02 Å². The molecule has 0 fully saturated rings. The number of rotatable bonds is 4. The van der Waals surface area contributed by atoms with E-state index < -0.39 is 11.8 Å². The predicted molar refractivity (Wildman–Crippen MR) is 92.4 cm³/mol. The number of hydrogen-bond donors (Lipinski definition) is 0. The lowest BCUT2D eigenvalue weighted by Gasteiger charge is -2.18. The first-order valence-corrected chi connectivity index (χ1v) is 7.70. The zero-order valence-corrected chi connectivity index (χ0v) is 13.8. The Labute approximate surface area is 141 Å². The minimum Gasteiger partial charge on any atom is -0.299 e. The normalized spacial score (nSPS) is 11.5. The molecule has 0 N–H and O–H groups in total. The number of Topliss-reactive ketones (excluding diaryl/α,β-unsaturated/α-hetero) is 2. The molecule has 0 radical (unpaired) electrons. The van der Waals surface area contributed by atoms with Crippen LogP contribution in [0.2, 0.25) is 5.02 Å². The van der Waals surface area contributed by atoms with Crippen molar-refractivity contribution in [2.75, 3.05) is 0 Å². The van der Waals surface area contributed by atoms with Gasteiger partial charge in [-0.1, -0.05) is 53.8 Å². The molecule has 116 valence electrons. The van der Waals surface area contributed by atoms with Gasteiger partial charge < -0.3 is 0 Å². The number of benzene rings is 2. The highest BCUT2D eigenvalue weighted by molar-refractivity contribution is 6.30. The Hall–Kier alpha value is -2.37. The number of carbonyl (C=O) groups is 2. The molecule has 0 aliphatic rings. The minimum atomic E-state index is -0.771. The van der Waals surface area contributed by atoms with Gasteiger partial charge in [-0.2, -0.15) is 0 Å². The van der Waals surface area contributed by atoms with E-state index in [0.717, 1.165) is 11.1 Å². The topological polar surface area (TPSA) is 34.1 Å². The molecule has 0 amide bonds. The molecule has 0 saturated heterocycles. The summed E-state index contributed by atoms with van der Waals surface area (Å²) in [7, 11) is 0. The van der Waals surface area contributed by atoms with Crippen molar-refractivity contribution >= 4 is 23.2 Å². The van der Waals surface area contributed by atoms with Crippen molar-refractivity contribution in [2.45, 2.75) is 19.8 Å². The lowest BCUT2D eigenvalue weighted by Crippen LogP contribution is -2.26. The average Bonchev–Trinajstić information content (AvgIpc) is 2.52. The molecule has 0 aromatic heterocycles. The van der Waals surface area contributed by atoms with E-state index in [2.05, 4.69) is 11.8 Å². The maximum absolute atomic E-state index is 12.0. The molecule has 3 heteroatoms. The fourth-order valence-corrected chi connectivity index (χ4v) is 2.59. The molecule has 2 nitrogen and oxygen atoms in total. The van der Waals surface area contributed by atoms with Gasteiger partial charge in [0.1, 0.15) is 11.6 Å². The van der Waals surface area contributed by atoms with Crippen molar-refractivity contribution < 1.29 is 9.59 Å². The molecule has 0 bridgehead atoms. The second kappa shape index (κ2) is 7.76. The lowest BCUT2D eigenvalue weighted by atomic mass is 9.81. The van der Waals surface area contributed by atoms with Crippen LogP contribution in [0.15, 0.2) is 54.6 Å². The minimum absolute atomic E-state index is 0.181. The van der Waals surface area contributed by atoms with Crippen LogP contribution < -0.4 is 0 Å². The van der Waals surface area contributed by atoms with Crippen molar-refractivity contribution in [3.05, 3.63) is 70.7 Å². The summed E-state index contributed by atoms with van der Waals surface area (Å²) >= 11 is 5.92. The number of ketones is 2. The molecule has 0 aliphatic heterocycles. The van der Waals surface area contributed by atoms with E-state index >= 15 is 0 Å². The van der Waals surface area contributed by atoms with E-state index in [9.17, 15) is 9.59 Å². The van der Waals surface area contributed by atoms with Crippen LogP contribution in [0.1, 0.15) is 30.9 Å². The second-order valence-electron chi connectivity index (χ2n) is 5.36. The summed E-state index contributed by atoms with van der Waals surface area (Å²) < 4.78 is 0. The van der Waals surface area contributed by atoms with Gasteiger partial charge in [0, 0.05) is 10.6 Å². The fraction of sp³-hybridized carbons (Fsp3) is 0.200. The van der Waals surface area contributed by atoms with Gasteiger partial charge in [0.2, 0.25) is 0 Å². The number of halogens is 1. The van der Waals surface area contributed by atoms with Gasteiger partial charge in [0.05, 0.1) is 11.8 Å². The first-order chi connectivity index (χ1) is 11.0. The molecule has 0 spiro atoms. The molecule has 0 saturated carbocycles. The van der Waals surface area contributed by atoms with Gasteiger partial charge in [-0.3, -0.25) is 9.59 Å². The van der Waals surface area contributed by atoms with Crippen molar-refractivity contribution in [1.29, 1.82) is 0 Å². The maximum atomic E-state index is 12.0. The molecule has 2 rings (SSSR count).